The summed E-state index contributed by atoms with van der Waals surface area (Å²) in [5.41, 5.74) is 1.31. The molecule has 1 unspecified atom stereocenters. The molecule has 1 amide bonds. The molecule has 0 fully saturated rings. The number of carbonyl (C=O) groups is 1. The first kappa shape index (κ1) is 18.3. The number of hydrogen-bond acceptors (Lipinski definition) is 3. The number of nitrogens with one attached hydrogen (secondary N) is 1. The van der Waals surface area contributed by atoms with Crippen LogP contribution in [0.3, 0.4) is 0 Å². The molecule has 134 valence electrons. The Labute approximate surface area is 161 Å². The monoisotopic (exact) mass is 389 g/mol. The molecule has 7 heteroatoms. The van der Waals surface area contributed by atoms with Gasteiger partial charge in [0.1, 0.15) is 17.6 Å². The van der Waals surface area contributed by atoms with Crippen molar-refractivity contribution in [2.24, 2.45) is 7.05 Å². The van der Waals surface area contributed by atoms with Crippen molar-refractivity contribution < 1.29 is 9.53 Å². The van der Waals surface area contributed by atoms with Gasteiger partial charge in [-0.1, -0.05) is 35.3 Å². The first-order chi connectivity index (χ1) is 12.5. The lowest BCUT2D eigenvalue weighted by Crippen LogP contribution is -2.31. The second-order valence-electron chi connectivity index (χ2n) is 5.70. The standard InChI is InChI=1S/C19H17Cl2N3O2/c1-24-10-9-22-18(24)17(12-3-6-14(26-2)7-4-12)23-19(25)13-5-8-15(20)16(21)11-13/h3-11,17H,1-2H3,(H,23,25). The Kier molecular flexibility index (Phi) is 5.49. The van der Waals surface area contributed by atoms with Crippen molar-refractivity contribution in [3.05, 3.63) is 81.9 Å². The number of amides is 1. The number of methoxy groups -OCH3 is 1. The van der Waals surface area contributed by atoms with Crippen LogP contribution in [-0.4, -0.2) is 22.6 Å². The second kappa shape index (κ2) is 7.81. The van der Waals surface area contributed by atoms with Crippen molar-refractivity contribution in [3.63, 3.8) is 0 Å². The first-order valence-corrected chi connectivity index (χ1v) is 8.62. The number of aryl methyl sites for hydroxylation is 1. The van der Waals surface area contributed by atoms with Gasteiger partial charge in [0.05, 0.1) is 17.2 Å². The Balaban J connectivity index is 1.94. The molecule has 0 radical (unpaired) electrons. The first-order valence-electron chi connectivity index (χ1n) is 7.86. The number of halogens is 2. The van der Waals surface area contributed by atoms with Crippen LogP contribution in [0.5, 0.6) is 5.75 Å². The predicted octanol–water partition coefficient (Wildman–Crippen LogP) is 4.25. The van der Waals surface area contributed by atoms with Gasteiger partial charge in [-0.3, -0.25) is 4.79 Å². The van der Waals surface area contributed by atoms with E-state index in [1.54, 1.807) is 31.5 Å². The van der Waals surface area contributed by atoms with Crippen LogP contribution in [0, 0.1) is 0 Å². The molecule has 1 aromatic heterocycles. The number of hydrogen-bond donors (Lipinski definition) is 1. The van der Waals surface area contributed by atoms with Crippen LogP contribution in [0.15, 0.2) is 54.9 Å². The molecule has 3 aromatic rings. The van der Waals surface area contributed by atoms with E-state index in [4.69, 9.17) is 27.9 Å². The van der Waals surface area contributed by atoms with E-state index in [1.165, 1.54) is 0 Å². The molecular formula is C19H17Cl2N3O2. The van der Waals surface area contributed by atoms with Crippen molar-refractivity contribution in [2.75, 3.05) is 7.11 Å². The maximum absolute atomic E-state index is 12.7. The van der Waals surface area contributed by atoms with E-state index in [0.29, 0.717) is 21.4 Å². The largest absolute Gasteiger partial charge is 0.497 e. The van der Waals surface area contributed by atoms with E-state index in [-0.39, 0.29) is 5.91 Å². The average Bonchev–Trinajstić information content (AvgIpc) is 3.07. The van der Waals surface area contributed by atoms with Crippen LogP contribution in [0.4, 0.5) is 0 Å². The van der Waals surface area contributed by atoms with E-state index < -0.39 is 6.04 Å². The van der Waals surface area contributed by atoms with E-state index in [1.807, 2.05) is 42.1 Å². The molecule has 2 aromatic carbocycles. The molecule has 0 aliphatic carbocycles. The van der Waals surface area contributed by atoms with Gasteiger partial charge in [-0.15, -0.1) is 0 Å². The summed E-state index contributed by atoms with van der Waals surface area (Å²) in [5, 5.41) is 3.74. The minimum absolute atomic E-state index is 0.271. The van der Waals surface area contributed by atoms with Crippen molar-refractivity contribution in [2.45, 2.75) is 6.04 Å². The van der Waals surface area contributed by atoms with Crippen molar-refractivity contribution in [1.82, 2.24) is 14.9 Å². The third kappa shape index (κ3) is 3.84. The van der Waals surface area contributed by atoms with Crippen LogP contribution in [-0.2, 0) is 7.05 Å². The lowest BCUT2D eigenvalue weighted by atomic mass is 10.0. The highest BCUT2D eigenvalue weighted by Gasteiger charge is 2.22. The summed E-state index contributed by atoms with van der Waals surface area (Å²) in [6, 6.07) is 11.8. The van der Waals surface area contributed by atoms with Gasteiger partial charge in [-0.2, -0.15) is 0 Å². The summed E-state index contributed by atoms with van der Waals surface area (Å²) in [6.45, 7) is 0. The van der Waals surface area contributed by atoms with E-state index in [0.717, 1.165) is 11.3 Å². The minimum atomic E-state index is -0.428. The van der Waals surface area contributed by atoms with Crippen molar-refractivity contribution in [1.29, 1.82) is 0 Å². The van der Waals surface area contributed by atoms with E-state index in [9.17, 15) is 4.79 Å². The number of nitrogens with zero attached hydrogens (tertiary/aromatic N) is 2. The highest BCUT2D eigenvalue weighted by molar-refractivity contribution is 6.42. The van der Waals surface area contributed by atoms with Gasteiger partial charge in [-0.25, -0.2) is 4.98 Å². The van der Waals surface area contributed by atoms with Crippen LogP contribution < -0.4 is 10.1 Å². The minimum Gasteiger partial charge on any atom is -0.497 e. The Morgan fingerprint density at radius 3 is 2.46 bits per heavy atom. The highest BCUT2D eigenvalue weighted by Crippen LogP contribution is 2.25. The van der Waals surface area contributed by atoms with E-state index in [2.05, 4.69) is 10.3 Å². The Morgan fingerprint density at radius 1 is 1.15 bits per heavy atom. The summed E-state index contributed by atoms with van der Waals surface area (Å²) >= 11 is 12.0. The van der Waals surface area contributed by atoms with Crippen LogP contribution in [0.25, 0.3) is 0 Å². The summed E-state index contributed by atoms with van der Waals surface area (Å²) in [4.78, 5) is 17.1. The molecule has 0 aliphatic heterocycles. The van der Waals surface area contributed by atoms with Gasteiger partial charge < -0.3 is 14.6 Å². The Morgan fingerprint density at radius 2 is 1.88 bits per heavy atom. The van der Waals surface area contributed by atoms with Crippen LogP contribution >= 0.6 is 23.2 Å². The molecule has 1 atom stereocenters. The maximum Gasteiger partial charge on any atom is 0.252 e. The van der Waals surface area contributed by atoms with Gasteiger partial charge in [0, 0.05) is 25.0 Å². The fraction of sp³-hybridized carbons (Fsp3) is 0.158. The smallest absolute Gasteiger partial charge is 0.252 e. The summed E-state index contributed by atoms with van der Waals surface area (Å²) < 4.78 is 7.07. The number of ether oxygens (including phenoxy) is 1. The maximum atomic E-state index is 12.7. The number of aromatic nitrogens is 2. The molecule has 1 heterocycles. The molecule has 0 saturated carbocycles. The third-order valence-electron chi connectivity index (χ3n) is 4.02. The van der Waals surface area contributed by atoms with Crippen LogP contribution in [0.1, 0.15) is 27.8 Å². The molecule has 0 saturated heterocycles. The highest BCUT2D eigenvalue weighted by atomic mass is 35.5. The number of rotatable bonds is 5. The normalized spacial score (nSPS) is 11.8. The van der Waals surface area contributed by atoms with Gasteiger partial charge in [0.15, 0.2) is 0 Å². The fourth-order valence-electron chi connectivity index (χ4n) is 2.60. The fourth-order valence-corrected chi connectivity index (χ4v) is 2.90. The molecule has 0 aliphatic rings. The molecule has 3 rings (SSSR count). The topological polar surface area (TPSA) is 56.1 Å². The molecular weight excluding hydrogens is 373 g/mol. The Bertz CT molecular complexity index is 923. The van der Waals surface area contributed by atoms with Crippen molar-refractivity contribution >= 4 is 29.1 Å². The summed E-state index contributed by atoms with van der Waals surface area (Å²) in [7, 11) is 3.49. The van der Waals surface area contributed by atoms with Gasteiger partial charge in [-0.05, 0) is 35.9 Å². The summed E-state index contributed by atoms with van der Waals surface area (Å²) in [6.07, 6.45) is 3.52. The predicted molar refractivity (Wildman–Crippen MR) is 102 cm³/mol. The van der Waals surface area contributed by atoms with E-state index >= 15 is 0 Å². The Hall–Kier alpha value is -2.50. The SMILES string of the molecule is COc1ccc(C(NC(=O)c2ccc(Cl)c(Cl)c2)c2nccn2C)cc1. The van der Waals surface area contributed by atoms with Gasteiger partial charge >= 0.3 is 0 Å². The molecule has 5 nitrogen and oxygen atoms in total. The number of benzene rings is 2. The summed E-state index contributed by atoms with van der Waals surface area (Å²) in [5.74, 6) is 1.18. The lowest BCUT2D eigenvalue weighted by Gasteiger charge is -2.19. The zero-order valence-electron chi connectivity index (χ0n) is 14.2. The molecule has 26 heavy (non-hydrogen) atoms. The van der Waals surface area contributed by atoms with Gasteiger partial charge in [0.2, 0.25) is 0 Å². The average molecular weight is 390 g/mol. The molecule has 1 N–H and O–H groups in total. The third-order valence-corrected chi connectivity index (χ3v) is 4.76. The zero-order valence-corrected chi connectivity index (χ0v) is 15.8. The quantitative estimate of drug-likeness (QED) is 0.709. The van der Waals surface area contributed by atoms with Crippen molar-refractivity contribution in [3.8, 4) is 5.75 Å². The number of carbonyl (C=O) groups excluding carboxylic acids is 1. The number of imidazole rings is 1. The second-order valence-corrected chi connectivity index (χ2v) is 6.52. The van der Waals surface area contributed by atoms with Crippen LogP contribution in [0.2, 0.25) is 10.0 Å². The lowest BCUT2D eigenvalue weighted by molar-refractivity contribution is 0.0941. The molecule has 0 bridgehead atoms. The van der Waals surface area contributed by atoms with Gasteiger partial charge in [0.25, 0.3) is 5.91 Å². The zero-order chi connectivity index (χ0) is 18.7. The molecule has 0 spiro atoms.